The lowest BCUT2D eigenvalue weighted by atomic mass is 9.83. The van der Waals surface area contributed by atoms with Crippen LogP contribution in [0.4, 0.5) is 15.9 Å². The Hall–Kier alpha value is -3.75. The van der Waals surface area contributed by atoms with Crippen molar-refractivity contribution in [3.05, 3.63) is 48.0 Å². The molecule has 0 unspecified atom stereocenters. The largest absolute Gasteiger partial charge is 0.493 e. The summed E-state index contributed by atoms with van der Waals surface area (Å²) in [4.78, 5) is 25.3. The number of rotatable bonds is 6. The van der Waals surface area contributed by atoms with Crippen molar-refractivity contribution in [1.29, 1.82) is 0 Å². The normalized spacial score (nSPS) is 20.2. The van der Waals surface area contributed by atoms with E-state index in [2.05, 4.69) is 25.6 Å². The minimum Gasteiger partial charge on any atom is -0.493 e. The Kier molecular flexibility index (Phi) is 6.48. The lowest BCUT2D eigenvalue weighted by molar-refractivity contribution is -0.115. The predicted molar refractivity (Wildman–Crippen MR) is 132 cm³/mol. The smallest absolute Gasteiger partial charge is 0.265 e. The predicted octanol–water partition coefficient (Wildman–Crippen LogP) is 4.34. The molecule has 0 radical (unpaired) electrons. The van der Waals surface area contributed by atoms with Gasteiger partial charge in [0.25, 0.3) is 5.91 Å². The third-order valence-electron chi connectivity index (χ3n) is 6.63. The lowest BCUT2D eigenvalue weighted by Gasteiger charge is -2.30. The van der Waals surface area contributed by atoms with Crippen LogP contribution in [0, 0.1) is 18.7 Å². The number of aryl methyl sites for hydroxylation is 1. The summed E-state index contributed by atoms with van der Waals surface area (Å²) in [7, 11) is 1.59. The molecule has 2 aromatic carbocycles. The number of benzene rings is 2. The molecule has 1 saturated carbocycles. The maximum Gasteiger partial charge on any atom is 0.265 e. The maximum absolute atomic E-state index is 14.6. The summed E-state index contributed by atoms with van der Waals surface area (Å²) < 4.78 is 26.6. The van der Waals surface area contributed by atoms with Crippen LogP contribution in [0.15, 0.2) is 41.7 Å². The SMILES string of the molecule is COc1cc2ncnc(Nc3cccc(C)c3F)c2cc1OC1CCC(C2=NCCNC2=O)CC1. The molecule has 8 nitrogen and oxygen atoms in total. The van der Waals surface area contributed by atoms with Gasteiger partial charge in [0.2, 0.25) is 0 Å². The Morgan fingerprint density at radius 1 is 1.11 bits per heavy atom. The summed E-state index contributed by atoms with van der Waals surface area (Å²) in [6.07, 6.45) is 4.72. The Morgan fingerprint density at radius 3 is 2.71 bits per heavy atom. The van der Waals surface area contributed by atoms with E-state index >= 15 is 0 Å². The van der Waals surface area contributed by atoms with Crippen LogP contribution >= 0.6 is 0 Å². The number of anilines is 2. The number of methoxy groups -OCH3 is 1. The molecule has 0 saturated heterocycles. The second-order valence-corrected chi connectivity index (χ2v) is 8.92. The molecule has 2 aliphatic rings. The molecule has 1 aliphatic carbocycles. The van der Waals surface area contributed by atoms with Crippen molar-refractivity contribution in [3.63, 3.8) is 0 Å². The zero-order valence-electron chi connectivity index (χ0n) is 19.8. The monoisotopic (exact) mass is 477 g/mol. The number of aliphatic imine (C=N–C) groups is 1. The van der Waals surface area contributed by atoms with Gasteiger partial charge in [0, 0.05) is 23.9 Å². The quantitative estimate of drug-likeness (QED) is 0.548. The molecule has 35 heavy (non-hydrogen) atoms. The number of nitrogens with one attached hydrogen (secondary N) is 2. The summed E-state index contributed by atoms with van der Waals surface area (Å²) in [5.74, 6) is 1.44. The Morgan fingerprint density at radius 2 is 1.94 bits per heavy atom. The van der Waals surface area contributed by atoms with Gasteiger partial charge in [-0.15, -0.1) is 0 Å². The van der Waals surface area contributed by atoms with Crippen LogP contribution in [-0.2, 0) is 4.79 Å². The molecule has 0 spiro atoms. The number of fused-ring (bicyclic) bond motifs is 1. The summed E-state index contributed by atoms with van der Waals surface area (Å²) in [6.45, 7) is 2.98. The van der Waals surface area contributed by atoms with Gasteiger partial charge in [0.15, 0.2) is 11.5 Å². The molecule has 1 aliphatic heterocycles. The van der Waals surface area contributed by atoms with Gasteiger partial charge in [-0.1, -0.05) is 12.1 Å². The summed E-state index contributed by atoms with van der Waals surface area (Å²) >= 11 is 0. The first-order valence-corrected chi connectivity index (χ1v) is 11.9. The number of nitrogens with zero attached hydrogens (tertiary/aromatic N) is 3. The van der Waals surface area contributed by atoms with Gasteiger partial charge in [0.1, 0.15) is 23.7 Å². The molecule has 2 N–H and O–H groups in total. The topological polar surface area (TPSA) is 97.7 Å². The van der Waals surface area contributed by atoms with E-state index in [1.54, 1.807) is 38.3 Å². The van der Waals surface area contributed by atoms with Gasteiger partial charge in [-0.25, -0.2) is 14.4 Å². The highest BCUT2D eigenvalue weighted by Crippen LogP contribution is 2.38. The molecule has 182 valence electrons. The second kappa shape index (κ2) is 9.85. The van der Waals surface area contributed by atoms with Crippen LogP contribution in [0.5, 0.6) is 11.5 Å². The van der Waals surface area contributed by atoms with Gasteiger partial charge >= 0.3 is 0 Å². The number of carbonyl (C=O) groups is 1. The van der Waals surface area contributed by atoms with Crippen LogP contribution in [-0.4, -0.2) is 47.9 Å². The van der Waals surface area contributed by atoms with Crippen LogP contribution in [0.1, 0.15) is 31.2 Å². The number of carbonyl (C=O) groups excluding carboxylic acids is 1. The van der Waals surface area contributed by atoms with Crippen molar-refractivity contribution in [3.8, 4) is 11.5 Å². The molecule has 5 rings (SSSR count). The number of aromatic nitrogens is 2. The zero-order chi connectivity index (χ0) is 24.4. The van der Waals surface area contributed by atoms with Crippen molar-refractivity contribution in [2.45, 2.75) is 38.7 Å². The first-order chi connectivity index (χ1) is 17.0. The fourth-order valence-corrected chi connectivity index (χ4v) is 4.74. The molecular weight excluding hydrogens is 449 g/mol. The van der Waals surface area contributed by atoms with Crippen molar-refractivity contribution < 1.29 is 18.7 Å². The molecule has 1 fully saturated rings. The fraction of sp³-hybridized carbons (Fsp3) is 0.385. The Labute approximate surface area is 203 Å². The van der Waals surface area contributed by atoms with Gasteiger partial charge in [-0.05, 0) is 50.3 Å². The molecule has 3 aromatic rings. The molecule has 2 heterocycles. The number of amides is 1. The minimum atomic E-state index is -0.322. The van der Waals surface area contributed by atoms with E-state index < -0.39 is 0 Å². The van der Waals surface area contributed by atoms with E-state index in [9.17, 15) is 9.18 Å². The van der Waals surface area contributed by atoms with E-state index in [-0.39, 0.29) is 23.7 Å². The van der Waals surface area contributed by atoms with Crippen molar-refractivity contribution in [1.82, 2.24) is 15.3 Å². The average Bonchev–Trinajstić information content (AvgIpc) is 2.87. The van der Waals surface area contributed by atoms with Crippen molar-refractivity contribution >= 4 is 34.0 Å². The second-order valence-electron chi connectivity index (χ2n) is 8.92. The van der Waals surface area contributed by atoms with Crippen LogP contribution in [0.3, 0.4) is 0 Å². The van der Waals surface area contributed by atoms with Crippen LogP contribution < -0.4 is 20.1 Å². The number of hydrogen-bond donors (Lipinski definition) is 2. The van der Waals surface area contributed by atoms with Gasteiger partial charge < -0.3 is 20.1 Å². The highest BCUT2D eigenvalue weighted by Gasteiger charge is 2.30. The first-order valence-electron chi connectivity index (χ1n) is 11.9. The maximum atomic E-state index is 14.6. The van der Waals surface area contributed by atoms with Gasteiger partial charge in [0.05, 0.1) is 31.0 Å². The number of ether oxygens (including phenoxy) is 2. The molecule has 9 heteroatoms. The number of hydrogen-bond acceptors (Lipinski definition) is 7. The van der Waals surface area contributed by atoms with E-state index in [0.29, 0.717) is 58.3 Å². The van der Waals surface area contributed by atoms with E-state index in [4.69, 9.17) is 9.47 Å². The Bertz CT molecular complexity index is 1290. The molecule has 1 aromatic heterocycles. The van der Waals surface area contributed by atoms with Gasteiger partial charge in [-0.2, -0.15) is 0 Å². The van der Waals surface area contributed by atoms with Crippen molar-refractivity contribution in [2.75, 3.05) is 25.5 Å². The first kappa shape index (κ1) is 23.0. The highest BCUT2D eigenvalue weighted by atomic mass is 19.1. The molecule has 1 amide bonds. The van der Waals surface area contributed by atoms with Crippen LogP contribution in [0.2, 0.25) is 0 Å². The third-order valence-corrected chi connectivity index (χ3v) is 6.63. The van der Waals surface area contributed by atoms with E-state index in [1.165, 1.54) is 6.33 Å². The zero-order valence-corrected chi connectivity index (χ0v) is 19.8. The Balaban J connectivity index is 1.37. The fourth-order valence-electron chi connectivity index (χ4n) is 4.74. The summed E-state index contributed by atoms with van der Waals surface area (Å²) in [6, 6.07) is 8.83. The highest BCUT2D eigenvalue weighted by molar-refractivity contribution is 6.40. The summed E-state index contributed by atoms with van der Waals surface area (Å²) in [5, 5.41) is 6.68. The van der Waals surface area contributed by atoms with Gasteiger partial charge in [-0.3, -0.25) is 9.79 Å². The minimum absolute atomic E-state index is 0.0138. The number of halogens is 1. The van der Waals surface area contributed by atoms with Crippen LogP contribution in [0.25, 0.3) is 10.9 Å². The third kappa shape index (κ3) is 4.76. The molecule has 0 atom stereocenters. The van der Waals surface area contributed by atoms with E-state index in [1.807, 2.05) is 6.07 Å². The lowest BCUT2D eigenvalue weighted by Crippen LogP contribution is -2.42. The molecule has 0 bridgehead atoms. The molecular formula is C26H28FN5O3. The van der Waals surface area contributed by atoms with E-state index in [0.717, 1.165) is 25.7 Å². The standard InChI is InChI=1S/C26H28FN5O3/c1-15-4-3-5-19(23(15)27)32-25-18-12-22(21(34-2)13-20(18)30-14-31-25)35-17-8-6-16(7-9-17)24-26(33)29-11-10-28-24/h3-5,12-14,16-17H,6-11H2,1-2H3,(H,29,33)(H,30,31,32). The summed E-state index contributed by atoms with van der Waals surface area (Å²) in [5.41, 5.74) is 2.22. The average molecular weight is 478 g/mol. The van der Waals surface area contributed by atoms with Crippen molar-refractivity contribution in [2.24, 2.45) is 10.9 Å².